The molecule has 16 rings (SSSR count). The van der Waals surface area contributed by atoms with Crippen molar-refractivity contribution < 1.29 is 0 Å². The quantitative estimate of drug-likeness (QED) is 0.128. The van der Waals surface area contributed by atoms with Gasteiger partial charge in [-0.05, 0) is 113 Å². The highest BCUT2D eigenvalue weighted by Crippen LogP contribution is 2.45. The van der Waals surface area contributed by atoms with Crippen molar-refractivity contribution in [2.45, 2.75) is 0 Å². The topological polar surface area (TPSA) is 98.1 Å². The molecule has 16 aromatic rings. The van der Waals surface area contributed by atoms with Gasteiger partial charge in [0, 0.05) is 96.4 Å². The fourth-order valence-electron chi connectivity index (χ4n) is 12.5. The summed E-state index contributed by atoms with van der Waals surface area (Å²) >= 11 is 0. The molecule has 0 saturated heterocycles. The van der Waals surface area contributed by atoms with Gasteiger partial charge in [0.15, 0.2) is 0 Å². The molecule has 0 spiro atoms. The average molecular weight is 1120 g/mol. The number of rotatable bonds is 11. The van der Waals surface area contributed by atoms with E-state index in [1.165, 1.54) is 0 Å². The van der Waals surface area contributed by atoms with Crippen LogP contribution in [-0.4, -0.2) is 34.1 Å². The smallest absolute Gasteiger partial charge is 0.0991 e. The van der Waals surface area contributed by atoms with Crippen molar-refractivity contribution in [3.05, 3.63) is 310 Å². The summed E-state index contributed by atoms with van der Waals surface area (Å²) in [5, 5.41) is 14.8. The number of pyridine rings is 5. The minimum atomic E-state index is 0.553. The Balaban J connectivity index is 0.909. The number of hydrogen-bond acceptors (Lipinski definition) is 6. The minimum Gasteiger partial charge on any atom is -0.307 e. The zero-order valence-electron chi connectivity index (χ0n) is 47.4. The Hall–Kier alpha value is -12.2. The maximum atomic E-state index is 10.6. The lowest BCUT2D eigenvalue weighted by Crippen LogP contribution is -2.05. The molecule has 0 fully saturated rings. The number of nitrogens with zero attached hydrogens (tertiary/aromatic N) is 8. The predicted octanol–water partition coefficient (Wildman–Crippen LogP) is 19.7. The molecule has 7 heterocycles. The minimum absolute atomic E-state index is 0.553. The fraction of sp³-hybridized carbons (Fsp3) is 0. The first-order valence-corrected chi connectivity index (χ1v) is 29.3. The van der Waals surface area contributed by atoms with E-state index < -0.39 is 0 Å². The van der Waals surface area contributed by atoms with Gasteiger partial charge in [-0.1, -0.05) is 182 Å². The van der Waals surface area contributed by atoms with Crippen molar-refractivity contribution in [1.29, 1.82) is 5.26 Å². The summed E-state index contributed by atoms with van der Waals surface area (Å²) in [7, 11) is 0. The van der Waals surface area contributed by atoms with E-state index in [2.05, 4.69) is 191 Å². The average Bonchev–Trinajstić information content (AvgIpc) is 1.76. The Bertz CT molecular complexity index is 4740. The molecular formula is C80H50N8. The van der Waals surface area contributed by atoms with Crippen molar-refractivity contribution in [3.8, 4) is 118 Å². The van der Waals surface area contributed by atoms with Crippen LogP contribution in [0.5, 0.6) is 0 Å². The molecule has 0 aliphatic rings. The third kappa shape index (κ3) is 9.24. The van der Waals surface area contributed by atoms with Gasteiger partial charge in [0.25, 0.3) is 0 Å². The van der Waals surface area contributed by atoms with Crippen molar-refractivity contribution in [1.82, 2.24) is 34.1 Å². The monoisotopic (exact) mass is 1120 g/mol. The van der Waals surface area contributed by atoms with E-state index in [1.807, 2.05) is 128 Å². The van der Waals surface area contributed by atoms with Crippen LogP contribution >= 0.6 is 0 Å². The van der Waals surface area contributed by atoms with Crippen LogP contribution in [-0.2, 0) is 0 Å². The zero-order chi connectivity index (χ0) is 58.5. The van der Waals surface area contributed by atoms with E-state index >= 15 is 0 Å². The highest BCUT2D eigenvalue weighted by molar-refractivity contribution is 6.14. The number of nitriles is 1. The van der Waals surface area contributed by atoms with Crippen LogP contribution < -0.4 is 0 Å². The Labute approximate surface area is 507 Å². The first kappa shape index (κ1) is 51.5. The van der Waals surface area contributed by atoms with Crippen LogP contribution in [0, 0.1) is 11.3 Å². The van der Waals surface area contributed by atoms with E-state index in [0.717, 1.165) is 156 Å². The van der Waals surface area contributed by atoms with Crippen LogP contribution in [0.2, 0.25) is 0 Å². The lowest BCUT2D eigenvalue weighted by Gasteiger charge is -2.20. The summed E-state index contributed by atoms with van der Waals surface area (Å²) in [5.74, 6) is 0. The maximum Gasteiger partial charge on any atom is 0.0991 e. The molecule has 88 heavy (non-hydrogen) atoms. The fourth-order valence-corrected chi connectivity index (χ4v) is 12.5. The van der Waals surface area contributed by atoms with Crippen molar-refractivity contribution in [3.63, 3.8) is 0 Å². The Morgan fingerprint density at radius 3 is 0.830 bits per heavy atom. The largest absolute Gasteiger partial charge is 0.307 e. The van der Waals surface area contributed by atoms with E-state index in [0.29, 0.717) is 5.56 Å². The van der Waals surface area contributed by atoms with E-state index in [-0.39, 0.29) is 0 Å². The van der Waals surface area contributed by atoms with Crippen molar-refractivity contribution >= 4 is 43.6 Å². The van der Waals surface area contributed by atoms with E-state index in [4.69, 9.17) is 24.9 Å². The predicted molar refractivity (Wildman–Crippen MR) is 358 cm³/mol. The first-order valence-electron chi connectivity index (χ1n) is 29.3. The molecule has 7 aromatic heterocycles. The van der Waals surface area contributed by atoms with Crippen LogP contribution in [0.3, 0.4) is 0 Å². The Morgan fingerprint density at radius 2 is 0.545 bits per heavy atom. The Morgan fingerprint density at radius 1 is 0.250 bits per heavy atom. The molecule has 8 heteroatoms. The molecule has 0 bridgehead atoms. The SMILES string of the molecule is N#Cc1cccc(-c2c(-n3c4ccc(-c5ccc(-c6ccccc6)nc5)cc4c4cc(-c5ccc(-c6ccccc6)nc5)ccc43)cncc2-n2c3ccc(-c4ccc(-c5ccccc5)nc4)cc3c3cc(-c4ccc(-c5ccccc5)nc4)ccc32)c1. The normalized spacial score (nSPS) is 11.4. The second-order valence-electron chi connectivity index (χ2n) is 22.0. The number of benzene rings is 9. The van der Waals surface area contributed by atoms with Gasteiger partial charge in [-0.25, -0.2) is 0 Å². The first-order chi connectivity index (χ1) is 43.6. The molecule has 0 unspecified atom stereocenters. The molecule has 0 aliphatic carbocycles. The summed E-state index contributed by atoms with van der Waals surface area (Å²) in [5.41, 5.74) is 24.2. The Kier molecular flexibility index (Phi) is 12.7. The lowest BCUT2D eigenvalue weighted by atomic mass is 10.00. The van der Waals surface area contributed by atoms with Crippen LogP contribution in [0.25, 0.3) is 156 Å². The third-order valence-corrected chi connectivity index (χ3v) is 16.9. The van der Waals surface area contributed by atoms with Crippen molar-refractivity contribution in [2.75, 3.05) is 0 Å². The molecule has 0 atom stereocenters. The number of hydrogen-bond donors (Lipinski definition) is 0. The van der Waals surface area contributed by atoms with Gasteiger partial charge in [-0.3, -0.25) is 24.9 Å². The lowest BCUT2D eigenvalue weighted by molar-refractivity contribution is 1.09. The second kappa shape index (κ2) is 21.8. The highest BCUT2D eigenvalue weighted by Gasteiger charge is 2.24. The van der Waals surface area contributed by atoms with Gasteiger partial charge >= 0.3 is 0 Å². The highest BCUT2D eigenvalue weighted by atomic mass is 15.0. The van der Waals surface area contributed by atoms with E-state index in [9.17, 15) is 5.26 Å². The second-order valence-corrected chi connectivity index (χ2v) is 22.0. The molecule has 0 amide bonds. The van der Waals surface area contributed by atoms with Crippen LogP contribution in [0.4, 0.5) is 0 Å². The van der Waals surface area contributed by atoms with Gasteiger partial charge in [-0.2, -0.15) is 5.26 Å². The molecular weight excluding hydrogens is 1070 g/mol. The summed E-state index contributed by atoms with van der Waals surface area (Å²) in [6.07, 6.45) is 11.8. The van der Waals surface area contributed by atoms with E-state index in [1.54, 1.807) is 0 Å². The third-order valence-electron chi connectivity index (χ3n) is 16.9. The molecule has 0 aliphatic heterocycles. The van der Waals surface area contributed by atoms with Gasteiger partial charge in [0.2, 0.25) is 0 Å². The van der Waals surface area contributed by atoms with Gasteiger partial charge < -0.3 is 9.13 Å². The zero-order valence-corrected chi connectivity index (χ0v) is 47.4. The van der Waals surface area contributed by atoms with Gasteiger partial charge in [-0.15, -0.1) is 0 Å². The van der Waals surface area contributed by atoms with Gasteiger partial charge in [0.05, 0.1) is 80.2 Å². The molecule has 410 valence electrons. The molecule has 9 aromatic carbocycles. The molecule has 0 N–H and O–H groups in total. The summed E-state index contributed by atoms with van der Waals surface area (Å²) in [6, 6.07) is 95.3. The summed E-state index contributed by atoms with van der Waals surface area (Å²) in [4.78, 5) is 25.0. The number of aromatic nitrogens is 7. The van der Waals surface area contributed by atoms with Crippen LogP contribution in [0.1, 0.15) is 5.56 Å². The van der Waals surface area contributed by atoms with Gasteiger partial charge in [0.1, 0.15) is 0 Å². The summed E-state index contributed by atoms with van der Waals surface area (Å²) in [6.45, 7) is 0. The molecule has 0 radical (unpaired) electrons. The summed E-state index contributed by atoms with van der Waals surface area (Å²) < 4.78 is 4.69. The standard InChI is InChI=1S/C80H50N8/c81-45-52-14-13-23-61(40-52)80-78(87-74-36-28-57(62-24-32-70(83-46-62)53-15-5-1-6-16-53)41-66(74)67-42-58(29-37-75(67)87)63-25-33-71(84-47-63)54-17-7-2-8-18-54)50-82-51-79(80)88-76-38-30-59(64-26-34-72(85-48-64)55-19-9-3-10-20-55)43-68(76)69-44-60(31-39-77(69)88)65-27-35-73(86-49-65)56-21-11-4-12-22-56/h1-44,46-51H. The molecule has 8 nitrogen and oxygen atoms in total. The molecule has 0 saturated carbocycles. The van der Waals surface area contributed by atoms with Crippen molar-refractivity contribution in [2.24, 2.45) is 0 Å². The van der Waals surface area contributed by atoms with Crippen LogP contribution in [0.15, 0.2) is 304 Å². The number of fused-ring (bicyclic) bond motifs is 6. The maximum absolute atomic E-state index is 10.6.